The largest absolute Gasteiger partial charge is 0.398 e. The number of hydrogen-bond acceptors (Lipinski definition) is 4. The van der Waals surface area contributed by atoms with Crippen LogP contribution in [-0.2, 0) is 18.3 Å². The minimum Gasteiger partial charge on any atom is -0.398 e. The van der Waals surface area contributed by atoms with E-state index in [4.69, 9.17) is 18.3 Å². The summed E-state index contributed by atoms with van der Waals surface area (Å²) in [6, 6.07) is 0. The second-order valence-electron chi connectivity index (χ2n) is 6.38. The second-order valence-corrected chi connectivity index (χ2v) is 8.81. The normalized spacial score (nSPS) is 15.8. The number of unbranched alkanes of at least 4 members (excludes halogenated alkanes) is 2. The quantitative estimate of drug-likeness (QED) is 0.309. The molecule has 0 aliphatic heterocycles. The fourth-order valence-corrected chi connectivity index (χ4v) is 4.46. The lowest BCUT2D eigenvalue weighted by molar-refractivity contribution is 0.0251. The van der Waals surface area contributed by atoms with Gasteiger partial charge < -0.3 is 18.3 Å². The molecule has 0 spiro atoms. The lowest BCUT2D eigenvalue weighted by Gasteiger charge is -2.28. The minimum absolute atomic E-state index is 0.129. The predicted molar refractivity (Wildman–Crippen MR) is 99.2 cm³/mol. The van der Waals surface area contributed by atoms with Gasteiger partial charge in [-0.1, -0.05) is 40.0 Å². The van der Waals surface area contributed by atoms with Crippen LogP contribution in [0.4, 0.5) is 0 Å². The monoisotopic (exact) mass is 348 g/mol. The van der Waals surface area contributed by atoms with Crippen LogP contribution in [0.15, 0.2) is 0 Å². The van der Waals surface area contributed by atoms with E-state index in [-0.39, 0.29) is 5.73 Å². The highest BCUT2D eigenvalue weighted by molar-refractivity contribution is 6.45. The maximum Gasteiger partial charge on any atom is 0.350 e. The first kappa shape index (κ1) is 23.1. The second kappa shape index (κ2) is 15.6. The molecule has 4 nitrogen and oxygen atoms in total. The molecule has 0 saturated carbocycles. The van der Waals surface area contributed by atoms with Crippen molar-refractivity contribution in [2.75, 3.05) is 27.4 Å². The van der Waals surface area contributed by atoms with Crippen molar-refractivity contribution in [2.24, 2.45) is 5.92 Å². The Bertz CT molecular complexity index is 249. The average molecular weight is 349 g/mol. The maximum atomic E-state index is 6.11. The SMILES string of the molecule is CCCCOC(C)CC(CC)CC(OCCCC)[SiH](OC)OC. The molecule has 140 valence electrons. The van der Waals surface area contributed by atoms with Crippen molar-refractivity contribution in [1.29, 1.82) is 0 Å². The zero-order valence-electron chi connectivity index (χ0n) is 16.3. The number of rotatable bonds is 16. The molecule has 0 aromatic heterocycles. The van der Waals surface area contributed by atoms with Crippen LogP contribution in [0.2, 0.25) is 0 Å². The van der Waals surface area contributed by atoms with E-state index in [1.54, 1.807) is 14.2 Å². The zero-order chi connectivity index (χ0) is 17.5. The van der Waals surface area contributed by atoms with E-state index in [2.05, 4.69) is 27.7 Å². The van der Waals surface area contributed by atoms with Gasteiger partial charge in [-0.2, -0.15) is 0 Å². The first-order valence-electron chi connectivity index (χ1n) is 9.41. The van der Waals surface area contributed by atoms with Crippen LogP contribution < -0.4 is 0 Å². The minimum atomic E-state index is -1.76. The molecule has 5 heteroatoms. The summed E-state index contributed by atoms with van der Waals surface area (Å²) in [6.07, 6.45) is 8.13. The standard InChI is InChI=1S/C18H40O4Si/c1-7-10-12-21-16(4)14-17(9-3)15-18(22-13-11-8-2)23(19-5)20-6/h16-18,23H,7-15H2,1-6H3. The Balaban J connectivity index is 4.45. The van der Waals surface area contributed by atoms with E-state index in [1.165, 1.54) is 6.42 Å². The molecule has 0 aliphatic carbocycles. The summed E-state index contributed by atoms with van der Waals surface area (Å²) in [7, 11) is 1.73. The van der Waals surface area contributed by atoms with Gasteiger partial charge in [0.05, 0.1) is 11.8 Å². The Morgan fingerprint density at radius 3 is 1.87 bits per heavy atom. The topological polar surface area (TPSA) is 36.9 Å². The Labute approximate surface area is 146 Å². The van der Waals surface area contributed by atoms with Crippen LogP contribution in [0.1, 0.15) is 72.6 Å². The average Bonchev–Trinajstić information content (AvgIpc) is 2.55. The third-order valence-electron chi connectivity index (χ3n) is 4.31. The first-order valence-corrected chi connectivity index (χ1v) is 11.0. The van der Waals surface area contributed by atoms with Gasteiger partial charge in [0.15, 0.2) is 0 Å². The molecule has 0 aromatic rings. The van der Waals surface area contributed by atoms with E-state index >= 15 is 0 Å². The molecule has 0 bridgehead atoms. The van der Waals surface area contributed by atoms with Crippen LogP contribution in [0.5, 0.6) is 0 Å². The van der Waals surface area contributed by atoms with Gasteiger partial charge in [-0.25, -0.2) is 0 Å². The Morgan fingerprint density at radius 2 is 1.39 bits per heavy atom. The summed E-state index contributed by atoms with van der Waals surface area (Å²) in [5, 5.41) is 0. The Morgan fingerprint density at radius 1 is 0.826 bits per heavy atom. The van der Waals surface area contributed by atoms with Crippen molar-refractivity contribution in [3.8, 4) is 0 Å². The molecule has 0 N–H and O–H groups in total. The van der Waals surface area contributed by atoms with Gasteiger partial charge in [0, 0.05) is 27.4 Å². The molecular weight excluding hydrogens is 308 g/mol. The van der Waals surface area contributed by atoms with Gasteiger partial charge in [0.25, 0.3) is 0 Å². The molecule has 0 fully saturated rings. The molecule has 3 unspecified atom stereocenters. The summed E-state index contributed by atoms with van der Waals surface area (Å²) in [5.74, 6) is 0.596. The highest BCUT2D eigenvalue weighted by Crippen LogP contribution is 2.22. The van der Waals surface area contributed by atoms with Crippen molar-refractivity contribution in [1.82, 2.24) is 0 Å². The first-order chi connectivity index (χ1) is 11.1. The number of hydrogen-bond donors (Lipinski definition) is 0. The van der Waals surface area contributed by atoms with Gasteiger partial charge in [-0.3, -0.25) is 0 Å². The van der Waals surface area contributed by atoms with Crippen LogP contribution in [0.3, 0.4) is 0 Å². The van der Waals surface area contributed by atoms with Gasteiger partial charge in [-0.05, 0) is 38.5 Å². The van der Waals surface area contributed by atoms with Crippen molar-refractivity contribution >= 4 is 9.28 Å². The molecule has 0 aromatic carbocycles. The molecular formula is C18H40O4Si. The summed E-state index contributed by atoms with van der Waals surface area (Å²) >= 11 is 0. The van der Waals surface area contributed by atoms with E-state index in [0.717, 1.165) is 51.7 Å². The third-order valence-corrected chi connectivity index (χ3v) is 6.31. The van der Waals surface area contributed by atoms with Crippen LogP contribution in [0, 0.1) is 5.92 Å². The molecule has 3 atom stereocenters. The Kier molecular flexibility index (Phi) is 15.6. The maximum absolute atomic E-state index is 6.11. The van der Waals surface area contributed by atoms with Crippen molar-refractivity contribution in [3.63, 3.8) is 0 Å². The Hall–Kier alpha value is 0.0569. The van der Waals surface area contributed by atoms with Crippen LogP contribution in [0.25, 0.3) is 0 Å². The lowest BCUT2D eigenvalue weighted by atomic mass is 9.96. The van der Waals surface area contributed by atoms with E-state index in [9.17, 15) is 0 Å². The van der Waals surface area contributed by atoms with Gasteiger partial charge in [0.1, 0.15) is 0 Å². The fourth-order valence-electron chi connectivity index (χ4n) is 2.76. The molecule has 0 rings (SSSR count). The van der Waals surface area contributed by atoms with Crippen molar-refractivity contribution < 1.29 is 18.3 Å². The molecule has 23 heavy (non-hydrogen) atoms. The van der Waals surface area contributed by atoms with Gasteiger partial charge in [0.2, 0.25) is 0 Å². The highest BCUT2D eigenvalue weighted by Gasteiger charge is 2.28. The van der Waals surface area contributed by atoms with E-state index in [1.807, 2.05) is 0 Å². The van der Waals surface area contributed by atoms with Crippen LogP contribution >= 0.6 is 0 Å². The van der Waals surface area contributed by atoms with Gasteiger partial charge in [-0.15, -0.1) is 0 Å². The summed E-state index contributed by atoms with van der Waals surface area (Å²) < 4.78 is 23.2. The summed E-state index contributed by atoms with van der Waals surface area (Å²) in [4.78, 5) is 0. The third kappa shape index (κ3) is 11.3. The summed E-state index contributed by atoms with van der Waals surface area (Å²) in [6.45, 7) is 10.5. The van der Waals surface area contributed by atoms with E-state index < -0.39 is 9.28 Å². The predicted octanol–water partition coefficient (Wildman–Crippen LogP) is 4.24. The lowest BCUT2D eigenvalue weighted by Crippen LogP contribution is -2.39. The highest BCUT2D eigenvalue weighted by atomic mass is 28.3. The van der Waals surface area contributed by atoms with E-state index in [0.29, 0.717) is 12.0 Å². The van der Waals surface area contributed by atoms with Crippen LogP contribution in [-0.4, -0.2) is 48.5 Å². The molecule has 0 heterocycles. The zero-order valence-corrected chi connectivity index (χ0v) is 17.5. The molecule has 0 saturated heterocycles. The van der Waals surface area contributed by atoms with Crippen molar-refractivity contribution in [2.45, 2.75) is 84.5 Å². The fraction of sp³-hybridized carbons (Fsp3) is 1.00. The molecule has 0 aliphatic rings. The summed E-state index contributed by atoms with van der Waals surface area (Å²) in [5.41, 5.74) is 0.129. The van der Waals surface area contributed by atoms with Crippen molar-refractivity contribution in [3.05, 3.63) is 0 Å². The number of ether oxygens (including phenoxy) is 2. The van der Waals surface area contributed by atoms with Gasteiger partial charge >= 0.3 is 9.28 Å². The smallest absolute Gasteiger partial charge is 0.350 e. The molecule has 0 radical (unpaired) electrons. The molecule has 0 amide bonds.